The Morgan fingerprint density at radius 2 is 1.93 bits per heavy atom. The second kappa shape index (κ2) is 10.6. The van der Waals surface area contributed by atoms with Crippen molar-refractivity contribution in [2.24, 2.45) is 4.99 Å². The summed E-state index contributed by atoms with van der Waals surface area (Å²) in [6, 6.07) is 7.84. The fourth-order valence-electron chi connectivity index (χ4n) is 2.84. The molecule has 2 atom stereocenters. The quantitative estimate of drug-likeness (QED) is 0.316. The molecule has 1 aliphatic rings. The van der Waals surface area contributed by atoms with Crippen LogP contribution in [0, 0.1) is 0 Å². The fourth-order valence-corrected chi connectivity index (χ4v) is 6.12. The van der Waals surface area contributed by atoms with Crippen LogP contribution in [0.2, 0.25) is 0 Å². The highest BCUT2D eigenvalue weighted by molar-refractivity contribution is 14.0. The van der Waals surface area contributed by atoms with E-state index in [2.05, 4.69) is 15.6 Å². The van der Waals surface area contributed by atoms with E-state index >= 15 is 0 Å². The van der Waals surface area contributed by atoms with E-state index in [4.69, 9.17) is 0 Å². The molecule has 10 heteroatoms. The molecule has 0 radical (unpaired) electrons. The highest BCUT2D eigenvalue weighted by Gasteiger charge is 2.29. The average molecular weight is 529 g/mol. The van der Waals surface area contributed by atoms with Gasteiger partial charge in [0.2, 0.25) is 0 Å². The second-order valence-corrected chi connectivity index (χ2v) is 10.7. The van der Waals surface area contributed by atoms with Gasteiger partial charge in [-0.25, -0.2) is 16.8 Å². The Morgan fingerprint density at radius 3 is 2.44 bits per heavy atom. The molecule has 1 aromatic rings. The molecule has 0 amide bonds. The molecule has 1 fully saturated rings. The van der Waals surface area contributed by atoms with Gasteiger partial charge in [0.15, 0.2) is 25.6 Å². The van der Waals surface area contributed by atoms with Crippen LogP contribution in [0.15, 0.2) is 40.2 Å². The summed E-state index contributed by atoms with van der Waals surface area (Å²) >= 11 is 0. The molecule has 0 bridgehead atoms. The smallest absolute Gasteiger partial charge is 0.191 e. The summed E-state index contributed by atoms with van der Waals surface area (Å²) in [6.45, 7) is 4.29. The van der Waals surface area contributed by atoms with Crippen molar-refractivity contribution < 1.29 is 16.8 Å². The lowest BCUT2D eigenvalue weighted by Crippen LogP contribution is -2.49. The molecule has 2 rings (SSSR count). The number of nitrogens with one attached hydrogen (secondary N) is 2. The molecule has 1 aliphatic heterocycles. The third kappa shape index (κ3) is 7.57. The van der Waals surface area contributed by atoms with E-state index in [-0.39, 0.29) is 53.3 Å². The van der Waals surface area contributed by atoms with Crippen molar-refractivity contribution in [1.82, 2.24) is 10.6 Å². The van der Waals surface area contributed by atoms with E-state index in [1.165, 1.54) is 0 Å². The van der Waals surface area contributed by atoms with Crippen molar-refractivity contribution in [3.63, 3.8) is 0 Å². The van der Waals surface area contributed by atoms with Crippen molar-refractivity contribution in [2.45, 2.75) is 43.7 Å². The molecular weight excluding hydrogens is 501 g/mol. The lowest BCUT2D eigenvalue weighted by atomic mass is 10.2. The summed E-state index contributed by atoms with van der Waals surface area (Å²) in [7, 11) is -6.42. The predicted octanol–water partition coefficient (Wildman–Crippen LogP) is 1.60. The first-order valence-corrected chi connectivity index (χ1v) is 12.3. The number of nitrogens with zero attached hydrogens (tertiary/aromatic N) is 1. The van der Waals surface area contributed by atoms with Gasteiger partial charge in [-0.2, -0.15) is 0 Å². The molecule has 0 aromatic heterocycles. The third-order valence-electron chi connectivity index (χ3n) is 4.25. The standard InChI is InChI=1S/C17H27N3O4S2.HI/c1-3-14(13-26(23,24)16-8-6-5-7-9-16)19-17(18-4-2)20-15-10-11-25(21,22)12-15;/h5-9,14-15H,3-4,10-13H2,1-2H3,(H2,18,19,20);1H. The van der Waals surface area contributed by atoms with Crippen LogP contribution in [0.25, 0.3) is 0 Å². The molecule has 2 N–H and O–H groups in total. The Labute approximate surface area is 179 Å². The first-order chi connectivity index (χ1) is 12.3. The maximum Gasteiger partial charge on any atom is 0.191 e. The van der Waals surface area contributed by atoms with Gasteiger partial charge in [0, 0.05) is 18.6 Å². The maximum atomic E-state index is 12.6. The number of aliphatic imine (C=N–C) groups is 1. The lowest BCUT2D eigenvalue weighted by molar-refractivity contribution is 0.563. The zero-order valence-corrected chi connectivity index (χ0v) is 19.6. The highest BCUT2D eigenvalue weighted by Crippen LogP contribution is 2.13. The summed E-state index contributed by atoms with van der Waals surface area (Å²) in [4.78, 5) is 4.63. The fraction of sp³-hybridized carbons (Fsp3) is 0.588. The van der Waals surface area contributed by atoms with Gasteiger partial charge in [0.05, 0.1) is 22.2 Å². The van der Waals surface area contributed by atoms with E-state index in [0.717, 1.165) is 0 Å². The normalized spacial score (nSPS) is 20.5. The van der Waals surface area contributed by atoms with Gasteiger partial charge >= 0.3 is 0 Å². The number of benzene rings is 1. The van der Waals surface area contributed by atoms with Gasteiger partial charge in [0.25, 0.3) is 0 Å². The van der Waals surface area contributed by atoms with Gasteiger partial charge in [0.1, 0.15) is 0 Å². The molecule has 7 nitrogen and oxygen atoms in total. The molecule has 0 spiro atoms. The summed E-state index contributed by atoms with van der Waals surface area (Å²) in [6.07, 6.45) is 1.13. The number of hydrogen-bond acceptors (Lipinski definition) is 5. The van der Waals surface area contributed by atoms with Crippen molar-refractivity contribution >= 4 is 49.6 Å². The predicted molar refractivity (Wildman–Crippen MR) is 119 cm³/mol. The van der Waals surface area contributed by atoms with Crippen LogP contribution in [-0.4, -0.2) is 58.7 Å². The summed E-state index contributed by atoms with van der Waals surface area (Å²) in [5.74, 6) is 0.658. The Morgan fingerprint density at radius 1 is 1.26 bits per heavy atom. The van der Waals surface area contributed by atoms with Gasteiger partial charge < -0.3 is 10.6 Å². The van der Waals surface area contributed by atoms with Crippen molar-refractivity contribution in [3.05, 3.63) is 30.3 Å². The van der Waals surface area contributed by atoms with Crippen molar-refractivity contribution in [3.8, 4) is 0 Å². The molecule has 1 aromatic carbocycles. The van der Waals surface area contributed by atoms with E-state index in [1.807, 2.05) is 13.8 Å². The van der Waals surface area contributed by atoms with Crippen molar-refractivity contribution in [2.75, 3.05) is 23.8 Å². The highest BCUT2D eigenvalue weighted by atomic mass is 127. The Balaban J connectivity index is 0.00000364. The van der Waals surface area contributed by atoms with Crippen LogP contribution in [0.5, 0.6) is 0 Å². The van der Waals surface area contributed by atoms with Crippen LogP contribution in [-0.2, 0) is 19.7 Å². The number of rotatable bonds is 7. The third-order valence-corrected chi connectivity index (χ3v) is 7.85. The van der Waals surface area contributed by atoms with Gasteiger partial charge in [-0.3, -0.25) is 4.99 Å². The van der Waals surface area contributed by atoms with Gasteiger partial charge in [-0.05, 0) is 31.9 Å². The Hall–Kier alpha value is -0.880. The van der Waals surface area contributed by atoms with E-state index in [0.29, 0.717) is 30.2 Å². The van der Waals surface area contributed by atoms with Crippen LogP contribution in [0.3, 0.4) is 0 Å². The lowest BCUT2D eigenvalue weighted by Gasteiger charge is -2.22. The van der Waals surface area contributed by atoms with Crippen LogP contribution < -0.4 is 10.6 Å². The molecular formula is C17H28IN3O4S2. The molecule has 1 saturated heterocycles. The van der Waals surface area contributed by atoms with Gasteiger partial charge in [-0.1, -0.05) is 25.1 Å². The maximum absolute atomic E-state index is 12.6. The topological polar surface area (TPSA) is 105 Å². The first-order valence-electron chi connectivity index (χ1n) is 8.81. The van der Waals surface area contributed by atoms with Crippen LogP contribution >= 0.6 is 24.0 Å². The SMILES string of the molecule is CCN=C(NC1CCS(=O)(=O)C1)NC(CC)CS(=O)(=O)c1ccccc1.I. The molecule has 0 aliphatic carbocycles. The van der Waals surface area contributed by atoms with Crippen molar-refractivity contribution in [1.29, 1.82) is 0 Å². The number of halogens is 1. The molecule has 0 saturated carbocycles. The van der Waals surface area contributed by atoms with E-state index < -0.39 is 19.7 Å². The average Bonchev–Trinajstić information content (AvgIpc) is 2.93. The number of sulfone groups is 2. The number of hydrogen-bond donors (Lipinski definition) is 2. The number of guanidine groups is 1. The Kier molecular flexibility index (Phi) is 9.49. The van der Waals surface area contributed by atoms with E-state index in [1.54, 1.807) is 30.3 Å². The summed E-state index contributed by atoms with van der Waals surface area (Å²) in [5, 5.41) is 6.28. The molecule has 2 unspecified atom stereocenters. The zero-order chi connectivity index (χ0) is 19.2. The minimum absolute atomic E-state index is 0. The minimum atomic E-state index is -3.42. The molecule has 27 heavy (non-hydrogen) atoms. The largest absolute Gasteiger partial charge is 0.353 e. The summed E-state index contributed by atoms with van der Waals surface area (Å²) < 4.78 is 48.4. The second-order valence-electron chi connectivity index (χ2n) is 6.41. The molecule has 1 heterocycles. The monoisotopic (exact) mass is 529 g/mol. The van der Waals surface area contributed by atoms with Gasteiger partial charge in [-0.15, -0.1) is 24.0 Å². The minimum Gasteiger partial charge on any atom is -0.353 e. The van der Waals surface area contributed by atoms with Crippen LogP contribution in [0.4, 0.5) is 0 Å². The zero-order valence-electron chi connectivity index (χ0n) is 15.6. The summed E-state index contributed by atoms with van der Waals surface area (Å²) in [5.41, 5.74) is 0. The Bertz CT molecular complexity index is 827. The van der Waals surface area contributed by atoms with Crippen LogP contribution in [0.1, 0.15) is 26.7 Å². The first kappa shape index (κ1) is 24.2. The molecule has 154 valence electrons. The van der Waals surface area contributed by atoms with E-state index in [9.17, 15) is 16.8 Å².